The fourth-order valence-electron chi connectivity index (χ4n) is 3.84. The number of urea groups is 1. The molecule has 0 bridgehead atoms. The average molecular weight is 379 g/mol. The van der Waals surface area contributed by atoms with Crippen LogP contribution in [0.2, 0.25) is 0 Å². The van der Waals surface area contributed by atoms with Crippen molar-refractivity contribution in [3.05, 3.63) is 53.2 Å². The molecule has 2 N–H and O–H groups in total. The van der Waals surface area contributed by atoms with Crippen molar-refractivity contribution in [1.29, 1.82) is 0 Å². The molecule has 2 amide bonds. The molecule has 0 radical (unpaired) electrons. The van der Waals surface area contributed by atoms with Gasteiger partial charge in [-0.25, -0.2) is 4.79 Å². The molecule has 0 aliphatic carbocycles. The molecule has 6 heteroatoms. The minimum absolute atomic E-state index is 0.0992. The number of fused-ring (bicyclic) bond motifs is 3. The zero-order valence-corrected chi connectivity index (χ0v) is 16.5. The Labute approximate surface area is 164 Å². The summed E-state index contributed by atoms with van der Waals surface area (Å²) < 4.78 is 10.6. The van der Waals surface area contributed by atoms with Gasteiger partial charge < -0.3 is 24.7 Å². The number of anilines is 1. The average Bonchev–Trinajstić information content (AvgIpc) is 2.90. The summed E-state index contributed by atoms with van der Waals surface area (Å²) in [5, 5.41) is 4.25. The second kappa shape index (κ2) is 7.46. The van der Waals surface area contributed by atoms with Crippen LogP contribution in [0.3, 0.4) is 0 Å². The molecule has 0 unspecified atom stereocenters. The van der Waals surface area contributed by atoms with E-state index in [1.807, 2.05) is 11.0 Å². The Morgan fingerprint density at radius 2 is 1.82 bits per heavy atom. The quantitative estimate of drug-likeness (QED) is 0.719. The van der Waals surface area contributed by atoms with Crippen molar-refractivity contribution in [2.75, 3.05) is 32.6 Å². The third-order valence-corrected chi connectivity index (χ3v) is 5.34. The predicted octanol–water partition coefficient (Wildman–Crippen LogP) is 4.13. The molecule has 2 aromatic carbocycles. The fraction of sp³-hybridized carbons (Fsp3) is 0.318. The monoisotopic (exact) mass is 379 g/mol. The molecule has 1 aromatic heterocycles. The highest BCUT2D eigenvalue weighted by atomic mass is 16.5. The van der Waals surface area contributed by atoms with E-state index in [1.54, 1.807) is 26.4 Å². The van der Waals surface area contributed by atoms with Crippen LogP contribution in [0.1, 0.15) is 16.8 Å². The zero-order chi connectivity index (χ0) is 19.7. The van der Waals surface area contributed by atoms with Crippen molar-refractivity contribution in [2.24, 2.45) is 0 Å². The molecule has 6 nitrogen and oxygen atoms in total. The zero-order valence-electron chi connectivity index (χ0n) is 16.5. The number of amides is 2. The van der Waals surface area contributed by atoms with E-state index in [-0.39, 0.29) is 6.03 Å². The number of carbonyl (C=O) groups excluding carboxylic acids is 1. The van der Waals surface area contributed by atoms with Gasteiger partial charge in [-0.05, 0) is 43.2 Å². The summed E-state index contributed by atoms with van der Waals surface area (Å²) in [6, 6.07) is 11.8. The highest BCUT2D eigenvalue weighted by Crippen LogP contribution is 2.30. The maximum atomic E-state index is 12.8. The fourth-order valence-corrected chi connectivity index (χ4v) is 3.84. The Morgan fingerprint density at radius 1 is 1.04 bits per heavy atom. The molecular weight excluding hydrogens is 354 g/mol. The van der Waals surface area contributed by atoms with Gasteiger partial charge in [0.2, 0.25) is 0 Å². The summed E-state index contributed by atoms with van der Waals surface area (Å²) in [6.07, 6.45) is 1.67. The van der Waals surface area contributed by atoms with Crippen LogP contribution in [0, 0.1) is 6.92 Å². The largest absolute Gasteiger partial charge is 0.493 e. The van der Waals surface area contributed by atoms with Crippen molar-refractivity contribution >= 4 is 22.6 Å². The summed E-state index contributed by atoms with van der Waals surface area (Å²) in [6.45, 7) is 3.48. The number of carbonyl (C=O) groups is 1. The number of aromatic nitrogens is 1. The van der Waals surface area contributed by atoms with E-state index in [1.165, 1.54) is 27.7 Å². The van der Waals surface area contributed by atoms with Gasteiger partial charge in [-0.15, -0.1) is 0 Å². The number of nitrogens with one attached hydrogen (secondary N) is 2. The first-order valence-electron chi connectivity index (χ1n) is 9.47. The van der Waals surface area contributed by atoms with E-state index < -0.39 is 0 Å². The molecule has 4 rings (SSSR count). The van der Waals surface area contributed by atoms with E-state index >= 15 is 0 Å². The van der Waals surface area contributed by atoms with Crippen molar-refractivity contribution in [3.8, 4) is 11.5 Å². The van der Waals surface area contributed by atoms with E-state index in [4.69, 9.17) is 9.47 Å². The molecule has 1 aliphatic rings. The Hall–Kier alpha value is -3.15. The van der Waals surface area contributed by atoms with Crippen molar-refractivity contribution in [2.45, 2.75) is 19.8 Å². The van der Waals surface area contributed by atoms with Crippen LogP contribution < -0.4 is 14.8 Å². The minimum atomic E-state index is -0.0992. The summed E-state index contributed by atoms with van der Waals surface area (Å²) in [5.74, 6) is 1.23. The van der Waals surface area contributed by atoms with Crippen LogP contribution in [0.5, 0.6) is 11.5 Å². The first-order chi connectivity index (χ1) is 13.6. The number of nitrogens with zero attached hydrogens (tertiary/aromatic N) is 1. The number of hydrogen-bond donors (Lipinski definition) is 2. The van der Waals surface area contributed by atoms with Gasteiger partial charge >= 0.3 is 6.03 Å². The number of ether oxygens (including phenoxy) is 2. The Balaban J connectivity index is 1.48. The maximum absolute atomic E-state index is 12.8. The lowest BCUT2D eigenvalue weighted by Crippen LogP contribution is -2.36. The molecule has 0 fully saturated rings. The molecule has 0 saturated carbocycles. The highest BCUT2D eigenvalue weighted by molar-refractivity contribution is 5.90. The highest BCUT2D eigenvalue weighted by Gasteiger charge is 2.22. The lowest BCUT2D eigenvalue weighted by molar-refractivity contribution is 0.214. The van der Waals surface area contributed by atoms with Gasteiger partial charge in [-0.2, -0.15) is 0 Å². The van der Waals surface area contributed by atoms with Gasteiger partial charge in [0.05, 0.1) is 14.2 Å². The number of aromatic amines is 1. The third kappa shape index (κ3) is 3.38. The van der Waals surface area contributed by atoms with Crippen LogP contribution in [-0.2, 0) is 12.8 Å². The second-order valence-corrected chi connectivity index (χ2v) is 7.12. The molecule has 0 saturated heterocycles. The number of aryl methyl sites for hydroxylation is 1. The lowest BCUT2D eigenvalue weighted by atomic mass is 10.1. The van der Waals surface area contributed by atoms with Gasteiger partial charge in [-0.1, -0.05) is 11.6 Å². The van der Waals surface area contributed by atoms with Crippen LogP contribution in [0.15, 0.2) is 36.4 Å². The molecular formula is C22H25N3O3. The molecule has 2 heterocycles. The maximum Gasteiger partial charge on any atom is 0.321 e. The minimum Gasteiger partial charge on any atom is -0.493 e. The molecule has 1 aliphatic heterocycles. The number of rotatable bonds is 3. The normalized spacial score (nSPS) is 13.8. The number of hydrogen-bond acceptors (Lipinski definition) is 3. The molecule has 0 spiro atoms. The Kier molecular flexibility index (Phi) is 4.86. The van der Waals surface area contributed by atoms with Gasteiger partial charge in [0, 0.05) is 47.9 Å². The topological polar surface area (TPSA) is 66.6 Å². The summed E-state index contributed by atoms with van der Waals surface area (Å²) >= 11 is 0. The second-order valence-electron chi connectivity index (χ2n) is 7.12. The first-order valence-corrected chi connectivity index (χ1v) is 9.47. The molecule has 28 heavy (non-hydrogen) atoms. The number of H-pyrrole nitrogens is 1. The Bertz CT molecular complexity index is 1030. The van der Waals surface area contributed by atoms with Crippen molar-refractivity contribution < 1.29 is 14.3 Å². The number of benzene rings is 2. The van der Waals surface area contributed by atoms with Crippen LogP contribution in [0.4, 0.5) is 10.5 Å². The summed E-state index contributed by atoms with van der Waals surface area (Å²) in [4.78, 5) is 18.2. The van der Waals surface area contributed by atoms with Crippen molar-refractivity contribution in [3.63, 3.8) is 0 Å². The molecule has 0 atom stereocenters. The van der Waals surface area contributed by atoms with Crippen molar-refractivity contribution in [1.82, 2.24) is 9.88 Å². The van der Waals surface area contributed by atoms with Crippen LogP contribution in [0.25, 0.3) is 10.9 Å². The van der Waals surface area contributed by atoms with E-state index in [9.17, 15) is 4.79 Å². The standard InChI is InChI=1S/C22H25N3O3/c1-14-4-6-18-17(12-14)16-8-10-25(11-9-19(16)24-18)22(26)23-15-5-7-20(27-2)21(13-15)28-3/h4-7,12-13,24H,8-11H2,1-3H3,(H,23,26). The Morgan fingerprint density at radius 3 is 2.61 bits per heavy atom. The van der Waals surface area contributed by atoms with Crippen LogP contribution >= 0.6 is 0 Å². The van der Waals surface area contributed by atoms with Crippen LogP contribution in [-0.4, -0.2) is 43.2 Å². The van der Waals surface area contributed by atoms with Gasteiger partial charge in [0.25, 0.3) is 0 Å². The summed E-state index contributed by atoms with van der Waals surface area (Å²) in [7, 11) is 3.17. The molecule has 146 valence electrons. The van der Waals surface area contributed by atoms with Gasteiger partial charge in [0.15, 0.2) is 11.5 Å². The predicted molar refractivity (Wildman–Crippen MR) is 111 cm³/mol. The van der Waals surface area contributed by atoms with E-state index in [0.717, 1.165) is 12.8 Å². The van der Waals surface area contributed by atoms with E-state index in [2.05, 4.69) is 35.4 Å². The van der Waals surface area contributed by atoms with E-state index in [0.29, 0.717) is 30.3 Å². The molecule has 3 aromatic rings. The number of methoxy groups -OCH3 is 2. The smallest absolute Gasteiger partial charge is 0.321 e. The van der Waals surface area contributed by atoms with Gasteiger partial charge in [-0.3, -0.25) is 0 Å². The third-order valence-electron chi connectivity index (χ3n) is 5.34. The van der Waals surface area contributed by atoms with Gasteiger partial charge in [0.1, 0.15) is 0 Å². The SMILES string of the molecule is COc1ccc(NC(=O)N2CCc3[nH]c4ccc(C)cc4c3CC2)cc1OC. The lowest BCUT2D eigenvalue weighted by Gasteiger charge is -2.21. The first kappa shape index (κ1) is 18.2. The summed E-state index contributed by atoms with van der Waals surface area (Å²) in [5.41, 5.74) is 5.69.